The number of alkyl halides is 3. The highest BCUT2D eigenvalue weighted by Gasteiger charge is 2.49. The van der Waals surface area contributed by atoms with Gasteiger partial charge in [0.15, 0.2) is 6.10 Å². The van der Waals surface area contributed by atoms with Crippen molar-refractivity contribution in [1.29, 1.82) is 0 Å². The predicted octanol–water partition coefficient (Wildman–Crippen LogP) is 2.21. The van der Waals surface area contributed by atoms with Crippen LogP contribution in [0.25, 0.3) is 0 Å². The van der Waals surface area contributed by atoms with E-state index in [1.807, 2.05) is 0 Å². The van der Waals surface area contributed by atoms with Crippen molar-refractivity contribution in [2.24, 2.45) is 10.7 Å². The van der Waals surface area contributed by atoms with Crippen LogP contribution < -0.4 is 11.5 Å². The van der Waals surface area contributed by atoms with Gasteiger partial charge in [-0.15, -0.1) is 11.3 Å². The van der Waals surface area contributed by atoms with Crippen LogP contribution in [0.4, 0.5) is 18.9 Å². The van der Waals surface area contributed by atoms with Crippen molar-refractivity contribution in [3.8, 4) is 0 Å². The topological polar surface area (TPSA) is 73.6 Å². The Morgan fingerprint density at radius 1 is 1.50 bits per heavy atom. The molecule has 0 saturated carbocycles. The van der Waals surface area contributed by atoms with E-state index in [0.717, 1.165) is 0 Å². The minimum atomic E-state index is -4.47. The van der Waals surface area contributed by atoms with Crippen molar-refractivity contribution < 1.29 is 17.9 Å². The number of aliphatic imine (C=N–C) groups is 1. The van der Waals surface area contributed by atoms with Crippen molar-refractivity contribution in [1.82, 2.24) is 0 Å². The Kier molecular flexibility index (Phi) is 2.92. The third-order valence-corrected chi connectivity index (χ3v) is 3.92. The van der Waals surface area contributed by atoms with Gasteiger partial charge in [0.25, 0.3) is 6.02 Å². The number of halogens is 3. The molecule has 1 aliphatic heterocycles. The van der Waals surface area contributed by atoms with E-state index >= 15 is 0 Å². The third-order valence-electron chi connectivity index (χ3n) is 2.72. The van der Waals surface area contributed by atoms with Crippen molar-refractivity contribution >= 4 is 23.0 Å². The summed E-state index contributed by atoms with van der Waals surface area (Å²) in [6, 6.07) is 1.17. The van der Waals surface area contributed by atoms with Crippen LogP contribution in [-0.2, 0) is 10.3 Å². The molecule has 8 heteroatoms. The van der Waals surface area contributed by atoms with Crippen molar-refractivity contribution in [2.45, 2.75) is 31.2 Å². The van der Waals surface area contributed by atoms with Gasteiger partial charge in [0.1, 0.15) is 5.54 Å². The van der Waals surface area contributed by atoms with Gasteiger partial charge in [0.2, 0.25) is 0 Å². The largest absolute Gasteiger partial charge is 0.452 e. The van der Waals surface area contributed by atoms with Crippen molar-refractivity contribution in [2.75, 3.05) is 5.73 Å². The predicted molar refractivity (Wildman–Crippen MR) is 63.3 cm³/mol. The molecule has 4 nitrogen and oxygen atoms in total. The second-order valence-corrected chi connectivity index (χ2v) is 5.23. The Morgan fingerprint density at radius 2 is 2.17 bits per heavy atom. The van der Waals surface area contributed by atoms with Crippen molar-refractivity contribution in [3.63, 3.8) is 0 Å². The van der Waals surface area contributed by atoms with Gasteiger partial charge in [0.05, 0.1) is 0 Å². The number of hydrogen-bond donors (Lipinski definition) is 2. The van der Waals surface area contributed by atoms with E-state index in [2.05, 4.69) is 9.73 Å². The highest BCUT2D eigenvalue weighted by molar-refractivity contribution is 7.10. The molecule has 1 aromatic rings. The summed E-state index contributed by atoms with van der Waals surface area (Å²) in [7, 11) is 0. The molecule has 0 aliphatic carbocycles. The molecule has 100 valence electrons. The van der Waals surface area contributed by atoms with E-state index in [0.29, 0.717) is 10.6 Å². The number of ether oxygens (including phenoxy) is 1. The Balaban J connectivity index is 2.36. The number of nitrogens with zero attached hydrogens (tertiary/aromatic N) is 1. The number of anilines is 1. The Hall–Kier alpha value is -1.44. The van der Waals surface area contributed by atoms with E-state index in [1.165, 1.54) is 11.3 Å². The standard InChI is InChI=1S/C10H12F3N3OS/c1-9(7-2-5(14)4-18-7)3-6(10(11,12)13)17-8(15)16-9/h2,4,6H,3,14H2,1H3,(H2,15,16)/t6-,9-/m0/s1. The van der Waals surface area contributed by atoms with Gasteiger partial charge in [0, 0.05) is 22.4 Å². The first-order valence-electron chi connectivity index (χ1n) is 5.14. The lowest BCUT2D eigenvalue weighted by atomic mass is 9.92. The fourth-order valence-corrected chi connectivity index (χ4v) is 2.75. The fraction of sp³-hybridized carbons (Fsp3) is 0.500. The molecule has 0 amide bonds. The molecule has 0 spiro atoms. The molecule has 0 unspecified atom stereocenters. The molecular formula is C10H12F3N3OS. The minimum Gasteiger partial charge on any atom is -0.452 e. The van der Waals surface area contributed by atoms with Gasteiger partial charge >= 0.3 is 6.18 Å². The van der Waals surface area contributed by atoms with Gasteiger partial charge in [-0.2, -0.15) is 13.2 Å². The molecule has 0 fully saturated rings. The average Bonchev–Trinajstić information content (AvgIpc) is 2.63. The second kappa shape index (κ2) is 4.04. The van der Waals surface area contributed by atoms with E-state index < -0.39 is 23.8 Å². The lowest BCUT2D eigenvalue weighted by Gasteiger charge is -2.34. The zero-order valence-electron chi connectivity index (χ0n) is 9.49. The van der Waals surface area contributed by atoms with Gasteiger partial charge in [-0.1, -0.05) is 0 Å². The van der Waals surface area contributed by atoms with Crippen LogP contribution in [-0.4, -0.2) is 18.3 Å². The first-order valence-corrected chi connectivity index (χ1v) is 6.02. The van der Waals surface area contributed by atoms with E-state index in [4.69, 9.17) is 11.5 Å². The molecule has 2 rings (SSSR count). The number of hydrogen-bond acceptors (Lipinski definition) is 5. The Morgan fingerprint density at radius 3 is 2.67 bits per heavy atom. The van der Waals surface area contributed by atoms with Gasteiger partial charge in [-0.05, 0) is 13.0 Å². The molecule has 0 saturated heterocycles. The molecule has 2 heterocycles. The fourth-order valence-electron chi connectivity index (χ4n) is 1.84. The molecular weight excluding hydrogens is 267 g/mol. The van der Waals surface area contributed by atoms with Gasteiger partial charge in [-0.3, -0.25) is 0 Å². The third kappa shape index (κ3) is 2.38. The quantitative estimate of drug-likeness (QED) is 0.827. The summed E-state index contributed by atoms with van der Waals surface area (Å²) in [4.78, 5) is 4.63. The van der Waals surface area contributed by atoms with E-state index in [9.17, 15) is 13.2 Å². The van der Waals surface area contributed by atoms with E-state index in [1.54, 1.807) is 18.4 Å². The first kappa shape index (κ1) is 13.0. The SMILES string of the molecule is C[C@@]1(c2cc(N)cs2)C[C@@H](C(F)(F)F)OC(N)=N1. The summed E-state index contributed by atoms with van der Waals surface area (Å²) in [6.45, 7) is 1.59. The van der Waals surface area contributed by atoms with Crippen LogP contribution >= 0.6 is 11.3 Å². The highest BCUT2D eigenvalue weighted by atomic mass is 32.1. The van der Waals surface area contributed by atoms with Crippen LogP contribution in [0.2, 0.25) is 0 Å². The molecule has 0 bridgehead atoms. The summed E-state index contributed by atoms with van der Waals surface area (Å²) < 4.78 is 42.7. The summed E-state index contributed by atoms with van der Waals surface area (Å²) in [6.07, 6.45) is -6.72. The molecule has 1 aromatic heterocycles. The number of thiophene rings is 1. The molecule has 2 atom stereocenters. The monoisotopic (exact) mass is 279 g/mol. The van der Waals surface area contributed by atoms with Gasteiger partial charge in [-0.25, -0.2) is 4.99 Å². The molecule has 0 aromatic carbocycles. The van der Waals surface area contributed by atoms with Crippen LogP contribution in [0.15, 0.2) is 16.4 Å². The molecule has 18 heavy (non-hydrogen) atoms. The number of rotatable bonds is 1. The molecule has 1 aliphatic rings. The van der Waals surface area contributed by atoms with Crippen LogP contribution in [0, 0.1) is 0 Å². The zero-order chi connectivity index (χ0) is 13.6. The second-order valence-electron chi connectivity index (χ2n) is 4.32. The van der Waals surface area contributed by atoms with Crippen LogP contribution in [0.5, 0.6) is 0 Å². The molecule has 4 N–H and O–H groups in total. The lowest BCUT2D eigenvalue weighted by Crippen LogP contribution is -2.45. The van der Waals surface area contributed by atoms with Crippen LogP contribution in [0.1, 0.15) is 18.2 Å². The summed E-state index contributed by atoms with van der Waals surface area (Å²) >= 11 is 1.26. The maximum absolute atomic E-state index is 12.7. The van der Waals surface area contributed by atoms with Crippen molar-refractivity contribution in [3.05, 3.63) is 16.3 Å². The molecule has 0 radical (unpaired) electrons. The maximum atomic E-state index is 12.7. The number of amidine groups is 1. The lowest BCUT2D eigenvalue weighted by molar-refractivity contribution is -0.208. The summed E-state index contributed by atoms with van der Waals surface area (Å²) in [5.74, 6) is 0. The van der Waals surface area contributed by atoms with Crippen LogP contribution in [0.3, 0.4) is 0 Å². The van der Waals surface area contributed by atoms with Gasteiger partial charge < -0.3 is 16.2 Å². The Labute approximate surface area is 105 Å². The first-order chi connectivity index (χ1) is 8.21. The van der Waals surface area contributed by atoms with E-state index in [-0.39, 0.29) is 6.42 Å². The number of nitrogens with two attached hydrogens (primary N) is 2. The summed E-state index contributed by atoms with van der Waals surface area (Å²) in [5.41, 5.74) is 10.4. The summed E-state index contributed by atoms with van der Waals surface area (Å²) in [5, 5.41) is 1.66. The Bertz CT molecular complexity index is 485. The highest BCUT2D eigenvalue weighted by Crippen LogP contribution is 2.42. The minimum absolute atomic E-state index is 0.308. The maximum Gasteiger partial charge on any atom is 0.425 e. The number of nitrogen functional groups attached to an aromatic ring is 1. The smallest absolute Gasteiger partial charge is 0.425 e. The normalized spacial score (nSPS) is 28.7. The zero-order valence-corrected chi connectivity index (χ0v) is 10.3. The average molecular weight is 279 g/mol.